The molecule has 0 aliphatic carbocycles. The highest BCUT2D eigenvalue weighted by Crippen LogP contribution is 2.20. The maximum atomic E-state index is 11.5. The van der Waals surface area contributed by atoms with Crippen LogP contribution in [0.15, 0.2) is 16.7 Å². The zero-order chi connectivity index (χ0) is 12.4. The monoisotopic (exact) mass is 235 g/mol. The molecular formula is C11H13N3O3. The first-order valence-corrected chi connectivity index (χ1v) is 5.26. The highest BCUT2D eigenvalue weighted by atomic mass is 16.5. The van der Waals surface area contributed by atoms with Crippen LogP contribution in [-0.4, -0.2) is 27.3 Å². The third-order valence-corrected chi connectivity index (χ3v) is 2.19. The normalized spacial score (nSPS) is 10.5. The van der Waals surface area contributed by atoms with Crippen molar-refractivity contribution in [3.63, 3.8) is 0 Å². The molecule has 0 aliphatic rings. The summed E-state index contributed by atoms with van der Waals surface area (Å²) in [4.78, 5) is 15.7. The minimum absolute atomic E-state index is 0.132. The third-order valence-electron chi connectivity index (χ3n) is 2.19. The Hall–Kier alpha value is -2.11. The molecule has 0 radical (unpaired) electrons. The molecule has 0 spiro atoms. The van der Waals surface area contributed by atoms with E-state index in [2.05, 4.69) is 10.1 Å². The summed E-state index contributed by atoms with van der Waals surface area (Å²) in [7, 11) is 1.80. The van der Waals surface area contributed by atoms with Crippen molar-refractivity contribution in [2.45, 2.75) is 13.8 Å². The zero-order valence-electron chi connectivity index (χ0n) is 9.93. The van der Waals surface area contributed by atoms with Crippen molar-refractivity contribution in [1.82, 2.24) is 14.8 Å². The lowest BCUT2D eigenvalue weighted by molar-refractivity contribution is 0.0490. The molecule has 2 heterocycles. The van der Waals surface area contributed by atoms with Crippen molar-refractivity contribution in [2.24, 2.45) is 7.05 Å². The van der Waals surface area contributed by atoms with Gasteiger partial charge in [-0.05, 0) is 19.9 Å². The van der Waals surface area contributed by atoms with Gasteiger partial charge < -0.3 is 9.15 Å². The van der Waals surface area contributed by atoms with Crippen LogP contribution in [0.25, 0.3) is 11.6 Å². The van der Waals surface area contributed by atoms with Gasteiger partial charge in [0, 0.05) is 13.2 Å². The summed E-state index contributed by atoms with van der Waals surface area (Å²) in [5.41, 5.74) is 1.09. The lowest BCUT2D eigenvalue weighted by atomic mass is 10.4. The molecule has 0 saturated carbocycles. The van der Waals surface area contributed by atoms with E-state index in [1.165, 1.54) is 0 Å². The molecular weight excluding hydrogens is 222 g/mol. The van der Waals surface area contributed by atoms with Crippen LogP contribution in [0, 0.1) is 6.92 Å². The van der Waals surface area contributed by atoms with Crippen molar-refractivity contribution >= 4 is 5.97 Å². The quantitative estimate of drug-likeness (QED) is 0.755. The summed E-state index contributed by atoms with van der Waals surface area (Å²) in [5, 5.41) is 4.15. The Labute approximate surface area is 98.2 Å². The first kappa shape index (κ1) is 11.4. The van der Waals surface area contributed by atoms with Crippen LogP contribution in [-0.2, 0) is 11.8 Å². The van der Waals surface area contributed by atoms with Crippen LogP contribution in [0.2, 0.25) is 0 Å². The largest absolute Gasteiger partial charge is 0.460 e. The summed E-state index contributed by atoms with van der Waals surface area (Å²) in [6.07, 6.45) is 1.78. The Morgan fingerprint density at radius 3 is 2.94 bits per heavy atom. The number of oxazole rings is 1. The summed E-state index contributed by atoms with van der Waals surface area (Å²) < 4.78 is 11.9. The average molecular weight is 235 g/mol. The Bertz CT molecular complexity index is 542. The average Bonchev–Trinajstić information content (AvgIpc) is 2.85. The number of esters is 1. The molecule has 0 aliphatic heterocycles. The minimum Gasteiger partial charge on any atom is -0.460 e. The number of carbonyl (C=O) groups excluding carboxylic acids is 1. The molecule has 0 aromatic carbocycles. The molecule has 0 bridgehead atoms. The minimum atomic E-state index is -0.500. The van der Waals surface area contributed by atoms with E-state index in [1.54, 1.807) is 37.8 Å². The third kappa shape index (κ3) is 2.20. The van der Waals surface area contributed by atoms with E-state index in [-0.39, 0.29) is 5.76 Å². The molecule has 17 heavy (non-hydrogen) atoms. The Balaban J connectivity index is 2.33. The number of ether oxygens (including phenoxy) is 1. The topological polar surface area (TPSA) is 70.2 Å². The van der Waals surface area contributed by atoms with E-state index in [9.17, 15) is 4.79 Å². The SMILES string of the molecule is CCOC(=O)c1oc(-c2ccn(C)n2)nc1C. The van der Waals surface area contributed by atoms with Gasteiger partial charge >= 0.3 is 5.97 Å². The molecule has 90 valence electrons. The molecule has 0 fully saturated rings. The van der Waals surface area contributed by atoms with Gasteiger partial charge in [0.15, 0.2) is 0 Å². The number of hydrogen-bond donors (Lipinski definition) is 0. The van der Waals surface area contributed by atoms with Crippen molar-refractivity contribution in [3.05, 3.63) is 23.7 Å². The fourth-order valence-corrected chi connectivity index (χ4v) is 1.42. The van der Waals surface area contributed by atoms with E-state index < -0.39 is 5.97 Å². The van der Waals surface area contributed by atoms with E-state index in [0.717, 1.165) is 0 Å². The van der Waals surface area contributed by atoms with Crippen LogP contribution in [0.1, 0.15) is 23.2 Å². The first-order chi connectivity index (χ1) is 8.11. The maximum Gasteiger partial charge on any atom is 0.376 e. The molecule has 2 rings (SSSR count). The van der Waals surface area contributed by atoms with Gasteiger partial charge in [-0.1, -0.05) is 0 Å². The summed E-state index contributed by atoms with van der Waals surface area (Å²) in [6, 6.07) is 1.76. The molecule has 0 atom stereocenters. The summed E-state index contributed by atoms with van der Waals surface area (Å²) in [6.45, 7) is 3.74. The van der Waals surface area contributed by atoms with E-state index in [0.29, 0.717) is 23.9 Å². The fraction of sp³-hybridized carbons (Fsp3) is 0.364. The summed E-state index contributed by atoms with van der Waals surface area (Å²) in [5.74, 6) is -0.0432. The van der Waals surface area contributed by atoms with Crippen LogP contribution >= 0.6 is 0 Å². The maximum absolute atomic E-state index is 11.5. The van der Waals surface area contributed by atoms with Gasteiger partial charge in [-0.2, -0.15) is 5.10 Å². The first-order valence-electron chi connectivity index (χ1n) is 5.26. The van der Waals surface area contributed by atoms with Crippen LogP contribution in [0.4, 0.5) is 0 Å². The lowest BCUT2D eigenvalue weighted by Crippen LogP contribution is -2.04. The van der Waals surface area contributed by atoms with Crippen molar-refractivity contribution in [2.75, 3.05) is 6.61 Å². The zero-order valence-corrected chi connectivity index (χ0v) is 9.93. The summed E-state index contributed by atoms with van der Waals surface area (Å²) >= 11 is 0. The highest BCUT2D eigenvalue weighted by Gasteiger charge is 2.20. The Morgan fingerprint density at radius 1 is 1.59 bits per heavy atom. The second-order valence-corrected chi connectivity index (χ2v) is 3.53. The molecule has 0 unspecified atom stereocenters. The van der Waals surface area contributed by atoms with Gasteiger partial charge in [0.05, 0.1) is 12.3 Å². The van der Waals surface area contributed by atoms with Gasteiger partial charge in [-0.25, -0.2) is 9.78 Å². The molecule has 2 aromatic heterocycles. The van der Waals surface area contributed by atoms with E-state index >= 15 is 0 Å². The Morgan fingerprint density at radius 2 is 2.35 bits per heavy atom. The smallest absolute Gasteiger partial charge is 0.376 e. The second-order valence-electron chi connectivity index (χ2n) is 3.53. The number of rotatable bonds is 3. The van der Waals surface area contributed by atoms with Crippen molar-refractivity contribution in [1.29, 1.82) is 0 Å². The number of nitrogens with zero attached hydrogens (tertiary/aromatic N) is 3. The van der Waals surface area contributed by atoms with E-state index in [1.807, 2.05) is 0 Å². The number of hydrogen-bond acceptors (Lipinski definition) is 5. The molecule has 6 heteroatoms. The van der Waals surface area contributed by atoms with Gasteiger partial charge in [-0.15, -0.1) is 0 Å². The number of aromatic nitrogens is 3. The van der Waals surface area contributed by atoms with Crippen LogP contribution in [0.3, 0.4) is 0 Å². The number of aryl methyl sites for hydroxylation is 2. The molecule has 6 nitrogen and oxygen atoms in total. The molecule has 2 aromatic rings. The lowest BCUT2D eigenvalue weighted by Gasteiger charge is -1.96. The van der Waals surface area contributed by atoms with Crippen LogP contribution < -0.4 is 0 Å². The van der Waals surface area contributed by atoms with Gasteiger partial charge in [0.1, 0.15) is 5.69 Å². The van der Waals surface area contributed by atoms with Gasteiger partial charge in [-0.3, -0.25) is 4.68 Å². The van der Waals surface area contributed by atoms with E-state index in [4.69, 9.17) is 9.15 Å². The highest BCUT2D eigenvalue weighted by molar-refractivity contribution is 5.87. The molecule has 0 amide bonds. The van der Waals surface area contributed by atoms with Gasteiger partial charge in [0.2, 0.25) is 11.7 Å². The predicted octanol–water partition coefficient (Wildman–Crippen LogP) is 1.56. The molecule has 0 saturated heterocycles. The van der Waals surface area contributed by atoms with Crippen molar-refractivity contribution in [3.8, 4) is 11.6 Å². The number of carbonyl (C=O) groups is 1. The Kier molecular flexibility index (Phi) is 2.95. The fourth-order valence-electron chi connectivity index (χ4n) is 1.42. The predicted molar refractivity (Wildman–Crippen MR) is 59.4 cm³/mol. The molecule has 0 N–H and O–H groups in total. The standard InChI is InChI=1S/C11H13N3O3/c1-4-16-11(15)9-7(2)12-10(17-9)8-5-6-14(3)13-8/h5-6H,4H2,1-3H3. The van der Waals surface area contributed by atoms with Crippen LogP contribution in [0.5, 0.6) is 0 Å². The van der Waals surface area contributed by atoms with Crippen molar-refractivity contribution < 1.29 is 13.9 Å². The van der Waals surface area contributed by atoms with Gasteiger partial charge in [0.25, 0.3) is 0 Å². The second kappa shape index (κ2) is 4.40.